The molecule has 0 bridgehead atoms. The third-order valence-corrected chi connectivity index (χ3v) is 3.29. The van der Waals surface area contributed by atoms with Crippen molar-refractivity contribution in [3.8, 4) is 0 Å². The van der Waals surface area contributed by atoms with Gasteiger partial charge in [-0.3, -0.25) is 14.4 Å². The van der Waals surface area contributed by atoms with Gasteiger partial charge in [-0.1, -0.05) is 0 Å². The van der Waals surface area contributed by atoms with E-state index in [1.807, 2.05) is 0 Å². The third kappa shape index (κ3) is 4.01. The highest BCUT2D eigenvalue weighted by Gasteiger charge is 2.33. The van der Waals surface area contributed by atoms with Crippen LogP contribution in [0, 0.1) is 11.8 Å². The molecule has 2 N–H and O–H groups in total. The van der Waals surface area contributed by atoms with Crippen LogP contribution >= 0.6 is 0 Å². The quantitative estimate of drug-likeness (QED) is 0.729. The summed E-state index contributed by atoms with van der Waals surface area (Å²) in [7, 11) is 3.33. The molecule has 0 spiro atoms. The Kier molecular flexibility index (Phi) is 5.12. The number of nitrogens with one attached hydrogen (secondary N) is 1. The van der Waals surface area contributed by atoms with E-state index in [-0.39, 0.29) is 24.2 Å². The average Bonchev–Trinajstić information content (AvgIpc) is 2.77. The Morgan fingerprint density at radius 1 is 1.22 bits per heavy atom. The van der Waals surface area contributed by atoms with E-state index in [1.165, 1.54) is 4.90 Å². The van der Waals surface area contributed by atoms with Gasteiger partial charge in [-0.25, -0.2) is 0 Å². The zero-order valence-corrected chi connectivity index (χ0v) is 10.8. The molecule has 0 saturated heterocycles. The molecule has 2 atom stereocenters. The van der Waals surface area contributed by atoms with Gasteiger partial charge >= 0.3 is 5.97 Å². The SMILES string of the molecule is CN(C)C(=O)CCNC(=O)C1CCC(C(=O)O)C1. The van der Waals surface area contributed by atoms with E-state index < -0.39 is 11.9 Å². The monoisotopic (exact) mass is 256 g/mol. The van der Waals surface area contributed by atoms with Crippen LogP contribution in [0.3, 0.4) is 0 Å². The van der Waals surface area contributed by atoms with Gasteiger partial charge in [0.05, 0.1) is 5.92 Å². The normalized spacial score (nSPS) is 22.6. The van der Waals surface area contributed by atoms with Crippen molar-refractivity contribution in [1.29, 1.82) is 0 Å². The molecule has 1 aliphatic carbocycles. The van der Waals surface area contributed by atoms with Crippen molar-refractivity contribution in [3.05, 3.63) is 0 Å². The van der Waals surface area contributed by atoms with Gasteiger partial charge in [-0.05, 0) is 19.3 Å². The first-order chi connectivity index (χ1) is 8.41. The lowest BCUT2D eigenvalue weighted by Crippen LogP contribution is -2.33. The minimum Gasteiger partial charge on any atom is -0.481 e. The molecule has 0 radical (unpaired) electrons. The van der Waals surface area contributed by atoms with Gasteiger partial charge in [0.2, 0.25) is 11.8 Å². The van der Waals surface area contributed by atoms with Gasteiger partial charge in [0.1, 0.15) is 0 Å². The van der Waals surface area contributed by atoms with Gasteiger partial charge in [-0.15, -0.1) is 0 Å². The predicted octanol–water partition coefficient (Wildman–Crippen LogP) is 0.0818. The van der Waals surface area contributed by atoms with Crippen molar-refractivity contribution in [2.24, 2.45) is 11.8 Å². The molecule has 1 fully saturated rings. The molecule has 2 amide bonds. The van der Waals surface area contributed by atoms with Crippen molar-refractivity contribution in [1.82, 2.24) is 10.2 Å². The summed E-state index contributed by atoms with van der Waals surface area (Å²) in [6.07, 6.45) is 1.85. The number of carboxylic acids is 1. The Hall–Kier alpha value is -1.59. The molecule has 1 saturated carbocycles. The first-order valence-corrected chi connectivity index (χ1v) is 6.12. The van der Waals surface area contributed by atoms with Gasteiger partial charge in [0.25, 0.3) is 0 Å². The summed E-state index contributed by atoms with van der Waals surface area (Å²) in [6, 6.07) is 0. The molecular formula is C12H20N2O4. The zero-order valence-electron chi connectivity index (χ0n) is 10.8. The van der Waals surface area contributed by atoms with Crippen LogP contribution in [-0.4, -0.2) is 48.4 Å². The highest BCUT2D eigenvalue weighted by molar-refractivity contribution is 5.81. The second-order valence-electron chi connectivity index (χ2n) is 4.87. The van der Waals surface area contributed by atoms with Crippen LogP contribution in [0.4, 0.5) is 0 Å². The summed E-state index contributed by atoms with van der Waals surface area (Å²) in [4.78, 5) is 35.3. The smallest absolute Gasteiger partial charge is 0.306 e. The summed E-state index contributed by atoms with van der Waals surface area (Å²) >= 11 is 0. The summed E-state index contributed by atoms with van der Waals surface area (Å²) in [5.41, 5.74) is 0. The molecule has 0 aromatic heterocycles. The number of carbonyl (C=O) groups is 3. The van der Waals surface area contributed by atoms with Crippen LogP contribution in [0.5, 0.6) is 0 Å². The minimum absolute atomic E-state index is 0.0369. The van der Waals surface area contributed by atoms with Crippen molar-refractivity contribution >= 4 is 17.8 Å². The molecule has 0 aromatic rings. The van der Waals surface area contributed by atoms with Crippen molar-refractivity contribution in [2.75, 3.05) is 20.6 Å². The standard InChI is InChI=1S/C12H20N2O4/c1-14(2)10(15)5-6-13-11(16)8-3-4-9(7-8)12(17)18/h8-9H,3-7H2,1-2H3,(H,13,16)(H,17,18). The van der Waals surface area contributed by atoms with Crippen molar-refractivity contribution in [3.63, 3.8) is 0 Å². The summed E-state index contributed by atoms with van der Waals surface area (Å²) in [5.74, 6) is -1.62. The lowest BCUT2D eigenvalue weighted by molar-refractivity contribution is -0.141. The van der Waals surface area contributed by atoms with Crippen molar-refractivity contribution in [2.45, 2.75) is 25.7 Å². The number of rotatable bonds is 5. The van der Waals surface area contributed by atoms with Crippen LogP contribution in [0.25, 0.3) is 0 Å². The maximum absolute atomic E-state index is 11.7. The Morgan fingerprint density at radius 3 is 2.33 bits per heavy atom. The summed E-state index contributed by atoms with van der Waals surface area (Å²) < 4.78 is 0. The molecule has 1 aliphatic rings. The number of hydrogen-bond donors (Lipinski definition) is 2. The molecular weight excluding hydrogens is 236 g/mol. The summed E-state index contributed by atoms with van der Waals surface area (Å²) in [6.45, 7) is 0.310. The van der Waals surface area contributed by atoms with E-state index in [0.717, 1.165) is 0 Å². The van der Waals surface area contributed by atoms with Crippen LogP contribution in [0.15, 0.2) is 0 Å². The van der Waals surface area contributed by atoms with Crippen LogP contribution in [0.2, 0.25) is 0 Å². The minimum atomic E-state index is -0.826. The van der Waals surface area contributed by atoms with E-state index in [4.69, 9.17) is 5.11 Å². The lowest BCUT2D eigenvalue weighted by atomic mass is 10.0. The molecule has 0 heterocycles. The Labute approximate surface area is 106 Å². The fraction of sp³-hybridized carbons (Fsp3) is 0.750. The number of amides is 2. The maximum atomic E-state index is 11.7. The van der Waals surface area contributed by atoms with E-state index in [9.17, 15) is 14.4 Å². The second-order valence-corrected chi connectivity index (χ2v) is 4.87. The maximum Gasteiger partial charge on any atom is 0.306 e. The largest absolute Gasteiger partial charge is 0.481 e. The van der Waals surface area contributed by atoms with Crippen LogP contribution < -0.4 is 5.32 Å². The Morgan fingerprint density at radius 2 is 1.83 bits per heavy atom. The number of carboxylic acid groups (broad SMARTS) is 1. The average molecular weight is 256 g/mol. The molecule has 6 heteroatoms. The third-order valence-electron chi connectivity index (χ3n) is 3.29. The molecule has 1 rings (SSSR count). The number of aliphatic carboxylic acids is 1. The zero-order chi connectivity index (χ0) is 13.7. The topological polar surface area (TPSA) is 86.7 Å². The van der Waals surface area contributed by atoms with Gasteiger partial charge in [0, 0.05) is 33.0 Å². The van der Waals surface area contributed by atoms with Gasteiger partial charge in [0.15, 0.2) is 0 Å². The fourth-order valence-electron chi connectivity index (χ4n) is 2.10. The molecule has 18 heavy (non-hydrogen) atoms. The number of nitrogens with zero attached hydrogens (tertiary/aromatic N) is 1. The van der Waals surface area contributed by atoms with E-state index in [1.54, 1.807) is 14.1 Å². The first-order valence-electron chi connectivity index (χ1n) is 6.12. The molecule has 0 aromatic carbocycles. The highest BCUT2D eigenvalue weighted by Crippen LogP contribution is 2.30. The molecule has 0 aliphatic heterocycles. The number of carbonyl (C=O) groups excluding carboxylic acids is 2. The van der Waals surface area contributed by atoms with Gasteiger partial charge in [-0.2, -0.15) is 0 Å². The predicted molar refractivity (Wildman–Crippen MR) is 64.8 cm³/mol. The fourth-order valence-corrected chi connectivity index (χ4v) is 2.10. The summed E-state index contributed by atoms with van der Waals surface area (Å²) in [5, 5.41) is 11.5. The Balaban J connectivity index is 2.26. The van der Waals surface area contributed by atoms with Crippen LogP contribution in [0.1, 0.15) is 25.7 Å². The highest BCUT2D eigenvalue weighted by atomic mass is 16.4. The molecule has 102 valence electrons. The second kappa shape index (κ2) is 6.37. The van der Waals surface area contributed by atoms with Crippen LogP contribution in [-0.2, 0) is 14.4 Å². The van der Waals surface area contributed by atoms with E-state index >= 15 is 0 Å². The van der Waals surface area contributed by atoms with Gasteiger partial charge < -0.3 is 15.3 Å². The molecule has 6 nitrogen and oxygen atoms in total. The van der Waals surface area contributed by atoms with E-state index in [2.05, 4.69) is 5.32 Å². The first kappa shape index (κ1) is 14.5. The number of hydrogen-bond acceptors (Lipinski definition) is 3. The lowest BCUT2D eigenvalue weighted by Gasteiger charge is -2.12. The van der Waals surface area contributed by atoms with Crippen molar-refractivity contribution < 1.29 is 19.5 Å². The van der Waals surface area contributed by atoms with E-state index in [0.29, 0.717) is 25.8 Å². The Bertz CT molecular complexity index is 341. The molecule has 2 unspecified atom stereocenters.